The Kier molecular flexibility index (Phi) is 7.32. The molecule has 0 saturated carbocycles. The van der Waals surface area contributed by atoms with Crippen LogP contribution in [0.2, 0.25) is 0 Å². The van der Waals surface area contributed by atoms with Gasteiger partial charge in [0.05, 0.1) is 22.4 Å². The average Bonchev–Trinajstić information content (AvgIpc) is 3.16. The first-order valence-corrected chi connectivity index (χ1v) is 14.8. The van der Waals surface area contributed by atoms with E-state index in [0.29, 0.717) is 23.7 Å². The van der Waals surface area contributed by atoms with Crippen molar-refractivity contribution in [3.05, 3.63) is 93.7 Å². The molecule has 3 aromatic carbocycles. The Morgan fingerprint density at radius 3 is 1.36 bits per heavy atom. The first-order valence-electron chi connectivity index (χ1n) is 14.0. The second kappa shape index (κ2) is 10.4. The van der Waals surface area contributed by atoms with Crippen LogP contribution in [0.25, 0.3) is 11.0 Å². The monoisotopic (exact) mass is 582 g/mol. The van der Waals surface area contributed by atoms with Crippen molar-refractivity contribution in [3.63, 3.8) is 0 Å². The maximum atomic E-state index is 5.26. The minimum atomic E-state index is 0.308. The van der Waals surface area contributed by atoms with Gasteiger partial charge in [-0.15, -0.1) is 0 Å². The van der Waals surface area contributed by atoms with Crippen molar-refractivity contribution in [2.24, 2.45) is 0 Å². The van der Waals surface area contributed by atoms with Gasteiger partial charge in [-0.1, -0.05) is 108 Å². The topological polar surface area (TPSA) is 32.3 Å². The Morgan fingerprint density at radius 2 is 0.974 bits per heavy atom. The normalized spacial score (nSPS) is 13.6. The lowest BCUT2D eigenvalue weighted by Crippen LogP contribution is -2.25. The first-order chi connectivity index (χ1) is 18.5. The van der Waals surface area contributed by atoms with Gasteiger partial charge < -0.3 is 0 Å². The summed E-state index contributed by atoms with van der Waals surface area (Å²) in [6, 6.07) is 19.3. The Hall–Kier alpha value is -3.18. The highest BCUT2D eigenvalue weighted by Crippen LogP contribution is 2.53. The maximum Gasteiger partial charge on any atom is 0.183 e. The van der Waals surface area contributed by atoms with E-state index in [2.05, 4.69) is 111 Å². The van der Waals surface area contributed by atoms with E-state index in [9.17, 15) is 0 Å². The first kappa shape index (κ1) is 27.4. The zero-order valence-electron chi connectivity index (χ0n) is 24.4. The molecule has 0 bridgehead atoms. The molecule has 5 heteroatoms. The summed E-state index contributed by atoms with van der Waals surface area (Å²) in [7, 11) is 0. The SMILES string of the molecule is C=C1N(c2c(C(C)C)cccc2C(C)C)c2nc3ccccc3nc2N1c1c(C(C)C)cc(Br)cc1C(C)C. The smallest absolute Gasteiger partial charge is 0.183 e. The molecule has 202 valence electrons. The van der Waals surface area contributed by atoms with Crippen molar-refractivity contribution in [3.8, 4) is 0 Å². The summed E-state index contributed by atoms with van der Waals surface area (Å²) >= 11 is 3.79. The third-order valence-electron chi connectivity index (χ3n) is 7.64. The van der Waals surface area contributed by atoms with Gasteiger partial charge in [-0.2, -0.15) is 0 Å². The fraction of sp³-hybridized carbons (Fsp3) is 0.353. The van der Waals surface area contributed by atoms with Crippen LogP contribution in [0.1, 0.15) is 101 Å². The summed E-state index contributed by atoms with van der Waals surface area (Å²) in [5.41, 5.74) is 9.20. The van der Waals surface area contributed by atoms with E-state index in [4.69, 9.17) is 16.5 Å². The summed E-state index contributed by atoms with van der Waals surface area (Å²) in [6.45, 7) is 22.8. The molecule has 1 aliphatic heterocycles. The number of rotatable bonds is 6. The van der Waals surface area contributed by atoms with Crippen LogP contribution in [0.5, 0.6) is 0 Å². The van der Waals surface area contributed by atoms with Crippen molar-refractivity contribution >= 4 is 50.0 Å². The van der Waals surface area contributed by atoms with Crippen LogP contribution in [0, 0.1) is 0 Å². The summed E-state index contributed by atoms with van der Waals surface area (Å²) in [4.78, 5) is 15.1. The summed E-state index contributed by atoms with van der Waals surface area (Å²) < 4.78 is 1.09. The number of benzene rings is 3. The van der Waals surface area contributed by atoms with Gasteiger partial charge in [-0.05, 0) is 70.2 Å². The molecule has 2 heterocycles. The van der Waals surface area contributed by atoms with E-state index in [-0.39, 0.29) is 0 Å². The zero-order chi connectivity index (χ0) is 28.2. The van der Waals surface area contributed by atoms with E-state index in [1.165, 1.54) is 27.9 Å². The predicted molar refractivity (Wildman–Crippen MR) is 170 cm³/mol. The molecule has 0 aliphatic carbocycles. The van der Waals surface area contributed by atoms with Gasteiger partial charge in [0.1, 0.15) is 5.82 Å². The number of aromatic nitrogens is 2. The lowest BCUT2D eigenvalue weighted by atomic mass is 9.91. The van der Waals surface area contributed by atoms with Crippen LogP contribution in [0.4, 0.5) is 23.0 Å². The van der Waals surface area contributed by atoms with Gasteiger partial charge in [-0.25, -0.2) is 9.97 Å². The van der Waals surface area contributed by atoms with Crippen LogP contribution < -0.4 is 9.80 Å². The van der Waals surface area contributed by atoms with Crippen molar-refractivity contribution in [2.75, 3.05) is 9.80 Å². The number of para-hydroxylation sites is 3. The van der Waals surface area contributed by atoms with Crippen LogP contribution in [0.3, 0.4) is 0 Å². The molecule has 0 atom stereocenters. The zero-order valence-corrected chi connectivity index (χ0v) is 26.0. The highest BCUT2D eigenvalue weighted by Gasteiger charge is 2.40. The molecule has 0 amide bonds. The van der Waals surface area contributed by atoms with Gasteiger partial charge in [0.25, 0.3) is 0 Å². The molecule has 0 spiro atoms. The van der Waals surface area contributed by atoms with E-state index in [1.54, 1.807) is 0 Å². The van der Waals surface area contributed by atoms with Crippen molar-refractivity contribution in [2.45, 2.75) is 79.1 Å². The maximum absolute atomic E-state index is 5.26. The van der Waals surface area contributed by atoms with E-state index >= 15 is 0 Å². The Bertz CT molecular complexity index is 1510. The van der Waals surface area contributed by atoms with Gasteiger partial charge in [-0.3, -0.25) is 9.80 Å². The molecule has 0 unspecified atom stereocenters. The molecule has 4 aromatic rings. The second-order valence-corrected chi connectivity index (χ2v) is 12.7. The van der Waals surface area contributed by atoms with Gasteiger partial charge in [0, 0.05) is 4.47 Å². The largest absolute Gasteiger partial charge is 0.277 e. The Balaban J connectivity index is 1.89. The molecule has 0 N–H and O–H groups in total. The predicted octanol–water partition coefficient (Wildman–Crippen LogP) is 10.6. The van der Waals surface area contributed by atoms with Crippen LogP contribution in [0.15, 0.2) is 71.5 Å². The lowest BCUT2D eigenvalue weighted by molar-refractivity contribution is 0.820. The number of hydrogen-bond acceptors (Lipinski definition) is 4. The third kappa shape index (κ3) is 4.65. The highest BCUT2D eigenvalue weighted by molar-refractivity contribution is 9.10. The number of nitrogens with zero attached hydrogens (tertiary/aromatic N) is 4. The van der Waals surface area contributed by atoms with Gasteiger partial charge in [0.15, 0.2) is 11.6 Å². The van der Waals surface area contributed by atoms with Crippen molar-refractivity contribution in [1.82, 2.24) is 9.97 Å². The lowest BCUT2D eigenvalue weighted by Gasteiger charge is -2.32. The Labute approximate surface area is 241 Å². The number of anilines is 4. The second-order valence-electron chi connectivity index (χ2n) is 11.8. The van der Waals surface area contributed by atoms with Gasteiger partial charge >= 0.3 is 0 Å². The van der Waals surface area contributed by atoms with E-state index in [0.717, 1.165) is 38.7 Å². The summed E-state index contributed by atoms with van der Waals surface area (Å²) in [5.74, 6) is 3.82. The van der Waals surface area contributed by atoms with Crippen molar-refractivity contribution < 1.29 is 0 Å². The standard InChI is InChI=1S/C34H39BrN4/c1-19(2)25-13-12-14-26(20(3)4)31(25)38-23(9)39(34-33(38)36-29-15-10-11-16-30(29)37-34)32-27(21(5)6)17-24(35)18-28(32)22(7)8/h10-22H,9H2,1-8H3. The molecular weight excluding hydrogens is 544 g/mol. The molecule has 0 saturated heterocycles. The molecule has 5 rings (SSSR count). The Morgan fingerprint density at radius 1 is 0.590 bits per heavy atom. The summed E-state index contributed by atoms with van der Waals surface area (Å²) in [6.07, 6.45) is 0. The molecule has 39 heavy (non-hydrogen) atoms. The summed E-state index contributed by atoms with van der Waals surface area (Å²) in [5, 5.41) is 0. The molecule has 1 aromatic heterocycles. The van der Waals surface area contributed by atoms with Crippen LogP contribution in [-0.4, -0.2) is 9.97 Å². The molecular formula is C34H39BrN4. The van der Waals surface area contributed by atoms with E-state index in [1.807, 2.05) is 24.3 Å². The average molecular weight is 584 g/mol. The van der Waals surface area contributed by atoms with Crippen molar-refractivity contribution in [1.29, 1.82) is 0 Å². The number of fused-ring (bicyclic) bond motifs is 2. The van der Waals surface area contributed by atoms with Crippen LogP contribution in [-0.2, 0) is 0 Å². The highest BCUT2D eigenvalue weighted by atomic mass is 79.9. The quantitative estimate of drug-likeness (QED) is 0.226. The number of halogens is 1. The van der Waals surface area contributed by atoms with Gasteiger partial charge in [0.2, 0.25) is 0 Å². The minimum absolute atomic E-state index is 0.308. The third-order valence-corrected chi connectivity index (χ3v) is 8.10. The minimum Gasteiger partial charge on any atom is -0.277 e. The fourth-order valence-electron chi connectivity index (χ4n) is 5.65. The van der Waals surface area contributed by atoms with E-state index < -0.39 is 0 Å². The molecule has 1 aliphatic rings. The molecule has 4 nitrogen and oxygen atoms in total. The van der Waals surface area contributed by atoms with Crippen LogP contribution >= 0.6 is 15.9 Å². The molecule has 0 radical (unpaired) electrons. The molecule has 0 fully saturated rings. The fourth-order valence-corrected chi connectivity index (χ4v) is 6.14. The number of hydrogen-bond donors (Lipinski definition) is 0.